The molecule has 3 rings (SSSR count). The highest BCUT2D eigenvalue weighted by molar-refractivity contribution is 6.33. The molecule has 0 unspecified atom stereocenters. The lowest BCUT2D eigenvalue weighted by atomic mass is 10.1. The lowest BCUT2D eigenvalue weighted by Crippen LogP contribution is -2.08. The predicted molar refractivity (Wildman–Crippen MR) is 84.7 cm³/mol. The molecule has 2 aromatic carbocycles. The molecule has 0 spiro atoms. The van der Waals surface area contributed by atoms with Crippen LogP contribution in [-0.2, 0) is 11.3 Å². The summed E-state index contributed by atoms with van der Waals surface area (Å²) in [6.07, 6.45) is 0. The minimum atomic E-state index is -0.591. The summed E-state index contributed by atoms with van der Waals surface area (Å²) >= 11 is 5.94. The van der Waals surface area contributed by atoms with Crippen molar-refractivity contribution in [2.45, 2.75) is 6.61 Å². The smallest absolute Gasteiger partial charge is 0.339 e. The largest absolute Gasteiger partial charge is 0.508 e. The van der Waals surface area contributed by atoms with Crippen LogP contribution in [0, 0.1) is 0 Å². The monoisotopic (exact) mass is 330 g/mol. The fourth-order valence-corrected chi connectivity index (χ4v) is 2.40. The number of esters is 1. The topological polar surface area (TPSA) is 76.7 Å². The molecule has 3 aromatic rings. The van der Waals surface area contributed by atoms with Crippen molar-refractivity contribution < 1.29 is 19.1 Å². The van der Waals surface area contributed by atoms with Crippen LogP contribution in [0.4, 0.5) is 0 Å². The molecule has 0 aliphatic rings. The van der Waals surface area contributed by atoms with E-state index < -0.39 is 11.6 Å². The second-order valence-electron chi connectivity index (χ2n) is 4.83. The lowest BCUT2D eigenvalue weighted by molar-refractivity contribution is 0.0474. The number of aromatic hydroxyl groups is 1. The zero-order valence-electron chi connectivity index (χ0n) is 11.8. The van der Waals surface area contributed by atoms with Crippen LogP contribution in [0.25, 0.3) is 11.0 Å². The van der Waals surface area contributed by atoms with Crippen molar-refractivity contribution in [2.24, 2.45) is 0 Å². The maximum atomic E-state index is 12.1. The number of carbonyl (C=O) groups excluding carboxylic acids is 1. The van der Waals surface area contributed by atoms with Crippen LogP contribution in [-0.4, -0.2) is 11.1 Å². The highest BCUT2D eigenvalue weighted by Crippen LogP contribution is 2.23. The second-order valence-corrected chi connectivity index (χ2v) is 5.23. The van der Waals surface area contributed by atoms with Crippen LogP contribution in [0.1, 0.15) is 15.9 Å². The number of phenolic OH excluding ortho intramolecular Hbond substituents is 1. The Bertz CT molecular complexity index is 945. The van der Waals surface area contributed by atoms with Gasteiger partial charge in [0, 0.05) is 23.1 Å². The molecule has 1 heterocycles. The molecule has 0 radical (unpaired) electrons. The third-order valence-corrected chi connectivity index (χ3v) is 3.60. The molecule has 0 saturated heterocycles. The standard InChI is InChI=1S/C17H11ClO5/c18-14-4-2-1-3-13(14)17(21)22-9-10-7-16(20)23-15-8-11(19)5-6-12(10)15/h1-8,19H,9H2. The van der Waals surface area contributed by atoms with Gasteiger partial charge in [0.2, 0.25) is 0 Å². The van der Waals surface area contributed by atoms with E-state index in [-0.39, 0.29) is 23.5 Å². The molecule has 1 N–H and O–H groups in total. The minimum Gasteiger partial charge on any atom is -0.508 e. The molecule has 116 valence electrons. The number of fused-ring (bicyclic) bond motifs is 1. The molecule has 0 fully saturated rings. The summed E-state index contributed by atoms with van der Waals surface area (Å²) in [5, 5.41) is 10.3. The summed E-state index contributed by atoms with van der Waals surface area (Å²) in [5.41, 5.74) is 0.365. The Balaban J connectivity index is 1.89. The summed E-state index contributed by atoms with van der Waals surface area (Å²) in [6.45, 7) is -0.114. The number of carbonyl (C=O) groups is 1. The molecule has 5 nitrogen and oxygen atoms in total. The van der Waals surface area contributed by atoms with E-state index in [0.29, 0.717) is 16.0 Å². The summed E-state index contributed by atoms with van der Waals surface area (Å²) < 4.78 is 10.2. The highest BCUT2D eigenvalue weighted by Gasteiger charge is 2.13. The number of rotatable bonds is 3. The molecule has 0 atom stereocenters. The van der Waals surface area contributed by atoms with Gasteiger partial charge in [0.15, 0.2) is 0 Å². The first-order valence-electron chi connectivity index (χ1n) is 6.72. The Morgan fingerprint density at radius 1 is 1.17 bits per heavy atom. The number of ether oxygens (including phenoxy) is 1. The van der Waals surface area contributed by atoms with Gasteiger partial charge in [-0.25, -0.2) is 9.59 Å². The van der Waals surface area contributed by atoms with E-state index >= 15 is 0 Å². The third kappa shape index (κ3) is 3.19. The van der Waals surface area contributed by atoms with Gasteiger partial charge in [-0.1, -0.05) is 23.7 Å². The lowest BCUT2D eigenvalue weighted by Gasteiger charge is -2.08. The van der Waals surface area contributed by atoms with E-state index in [0.717, 1.165) is 0 Å². The van der Waals surface area contributed by atoms with E-state index in [2.05, 4.69) is 0 Å². The van der Waals surface area contributed by atoms with Gasteiger partial charge in [-0.05, 0) is 24.3 Å². The average Bonchev–Trinajstić information content (AvgIpc) is 2.52. The number of hydrogen-bond donors (Lipinski definition) is 1. The first-order chi connectivity index (χ1) is 11.0. The van der Waals surface area contributed by atoms with E-state index in [1.807, 2.05) is 0 Å². The van der Waals surface area contributed by atoms with Gasteiger partial charge < -0.3 is 14.3 Å². The molecule has 1 aromatic heterocycles. The fourth-order valence-electron chi connectivity index (χ4n) is 2.19. The molecule has 0 bridgehead atoms. The second kappa shape index (κ2) is 6.14. The maximum absolute atomic E-state index is 12.1. The summed E-state index contributed by atoms with van der Waals surface area (Å²) in [6, 6.07) is 12.2. The van der Waals surface area contributed by atoms with E-state index in [4.69, 9.17) is 20.8 Å². The van der Waals surface area contributed by atoms with Crippen molar-refractivity contribution in [3.63, 3.8) is 0 Å². The fraction of sp³-hybridized carbons (Fsp3) is 0.0588. The van der Waals surface area contributed by atoms with Crippen LogP contribution >= 0.6 is 11.6 Å². The van der Waals surface area contributed by atoms with Gasteiger partial charge in [-0.15, -0.1) is 0 Å². The quantitative estimate of drug-likeness (QED) is 0.587. The van der Waals surface area contributed by atoms with Crippen molar-refractivity contribution in [3.8, 4) is 5.75 Å². The van der Waals surface area contributed by atoms with Gasteiger partial charge in [-0.2, -0.15) is 0 Å². The number of hydrogen-bond acceptors (Lipinski definition) is 5. The molecule has 0 saturated carbocycles. The van der Waals surface area contributed by atoms with Crippen molar-refractivity contribution in [3.05, 3.63) is 75.1 Å². The van der Waals surface area contributed by atoms with E-state index in [1.165, 1.54) is 18.2 Å². The Morgan fingerprint density at radius 3 is 2.74 bits per heavy atom. The summed E-state index contributed by atoms with van der Waals surface area (Å²) in [7, 11) is 0. The zero-order chi connectivity index (χ0) is 16.4. The summed E-state index contributed by atoms with van der Waals surface area (Å²) in [5.74, 6) is -0.610. The Labute approximate surface area is 135 Å². The number of phenols is 1. The van der Waals surface area contributed by atoms with Crippen molar-refractivity contribution in [1.82, 2.24) is 0 Å². The Kier molecular flexibility index (Phi) is 4.04. The van der Waals surface area contributed by atoms with E-state index in [9.17, 15) is 14.7 Å². The maximum Gasteiger partial charge on any atom is 0.339 e. The van der Waals surface area contributed by atoms with Gasteiger partial charge in [0.1, 0.15) is 17.9 Å². The Hall–Kier alpha value is -2.79. The summed E-state index contributed by atoms with van der Waals surface area (Å²) in [4.78, 5) is 23.6. The predicted octanol–water partition coefficient (Wildman–Crippen LogP) is 3.51. The van der Waals surface area contributed by atoms with Crippen LogP contribution in [0.15, 0.2) is 57.7 Å². The van der Waals surface area contributed by atoms with Crippen molar-refractivity contribution >= 4 is 28.5 Å². The SMILES string of the molecule is O=C(OCc1cc(=O)oc2cc(O)ccc12)c1ccccc1Cl. The normalized spacial score (nSPS) is 10.7. The van der Waals surface area contributed by atoms with Crippen LogP contribution in [0.2, 0.25) is 5.02 Å². The molecule has 23 heavy (non-hydrogen) atoms. The van der Waals surface area contributed by atoms with Gasteiger partial charge >= 0.3 is 11.6 Å². The molecular formula is C17H11ClO5. The van der Waals surface area contributed by atoms with Crippen LogP contribution in [0.5, 0.6) is 5.75 Å². The minimum absolute atomic E-state index is 0.0223. The Morgan fingerprint density at radius 2 is 1.96 bits per heavy atom. The van der Waals surface area contributed by atoms with Gasteiger partial charge in [0.25, 0.3) is 0 Å². The van der Waals surface area contributed by atoms with E-state index in [1.54, 1.807) is 30.3 Å². The molecular weight excluding hydrogens is 320 g/mol. The van der Waals surface area contributed by atoms with Crippen molar-refractivity contribution in [1.29, 1.82) is 0 Å². The highest BCUT2D eigenvalue weighted by atomic mass is 35.5. The number of halogens is 1. The van der Waals surface area contributed by atoms with Gasteiger partial charge in [0.05, 0.1) is 10.6 Å². The average molecular weight is 331 g/mol. The first-order valence-corrected chi connectivity index (χ1v) is 7.10. The van der Waals surface area contributed by atoms with Crippen molar-refractivity contribution in [2.75, 3.05) is 0 Å². The molecule has 0 aliphatic heterocycles. The van der Waals surface area contributed by atoms with Gasteiger partial charge in [-0.3, -0.25) is 0 Å². The third-order valence-electron chi connectivity index (χ3n) is 3.27. The number of benzene rings is 2. The molecule has 0 aliphatic carbocycles. The molecule has 0 amide bonds. The van der Waals surface area contributed by atoms with Crippen LogP contribution < -0.4 is 5.63 Å². The molecule has 6 heteroatoms. The van der Waals surface area contributed by atoms with Crippen LogP contribution in [0.3, 0.4) is 0 Å². The zero-order valence-corrected chi connectivity index (χ0v) is 12.5. The first kappa shape index (κ1) is 15.1.